The predicted octanol–water partition coefficient (Wildman–Crippen LogP) is 3.87. The standard InChI is InChI=1S/C17H27N/c1-4-7-18-12-17-6-5-16(17)11-15-9-13(2)8-14(3)10-15/h8-10,16-18H,4-7,11-12H2,1-3H3. The summed E-state index contributed by atoms with van der Waals surface area (Å²) in [5.74, 6) is 1.83. The van der Waals surface area contributed by atoms with Gasteiger partial charge in [0.25, 0.3) is 0 Å². The van der Waals surface area contributed by atoms with Crippen LogP contribution in [0.4, 0.5) is 0 Å². The Morgan fingerprint density at radius 3 is 2.28 bits per heavy atom. The number of rotatable bonds is 6. The quantitative estimate of drug-likeness (QED) is 0.750. The van der Waals surface area contributed by atoms with E-state index in [0.717, 1.165) is 11.8 Å². The van der Waals surface area contributed by atoms with Gasteiger partial charge in [0.1, 0.15) is 0 Å². The van der Waals surface area contributed by atoms with Crippen molar-refractivity contribution in [3.05, 3.63) is 34.9 Å². The maximum absolute atomic E-state index is 3.58. The van der Waals surface area contributed by atoms with Crippen molar-refractivity contribution in [1.82, 2.24) is 5.32 Å². The first-order valence-corrected chi connectivity index (χ1v) is 7.47. The lowest BCUT2D eigenvalue weighted by atomic mass is 9.70. The van der Waals surface area contributed by atoms with Crippen LogP contribution >= 0.6 is 0 Å². The van der Waals surface area contributed by atoms with E-state index in [-0.39, 0.29) is 0 Å². The minimum Gasteiger partial charge on any atom is -0.316 e. The minimum absolute atomic E-state index is 0.913. The Bertz CT molecular complexity index is 363. The number of hydrogen-bond acceptors (Lipinski definition) is 1. The highest BCUT2D eigenvalue weighted by atomic mass is 14.9. The molecule has 1 aliphatic rings. The van der Waals surface area contributed by atoms with Gasteiger partial charge in [-0.15, -0.1) is 0 Å². The number of aryl methyl sites for hydroxylation is 2. The van der Waals surface area contributed by atoms with Gasteiger partial charge in [0, 0.05) is 0 Å². The van der Waals surface area contributed by atoms with Gasteiger partial charge >= 0.3 is 0 Å². The zero-order valence-corrected chi connectivity index (χ0v) is 12.1. The van der Waals surface area contributed by atoms with Crippen LogP contribution in [0.25, 0.3) is 0 Å². The van der Waals surface area contributed by atoms with Crippen LogP contribution in [0.15, 0.2) is 18.2 Å². The fraction of sp³-hybridized carbons (Fsp3) is 0.647. The highest BCUT2D eigenvalue weighted by Gasteiger charge is 2.30. The van der Waals surface area contributed by atoms with E-state index in [1.165, 1.54) is 55.5 Å². The predicted molar refractivity (Wildman–Crippen MR) is 79.0 cm³/mol. The summed E-state index contributed by atoms with van der Waals surface area (Å²) in [5, 5.41) is 3.58. The molecule has 18 heavy (non-hydrogen) atoms. The van der Waals surface area contributed by atoms with Gasteiger partial charge in [0.2, 0.25) is 0 Å². The van der Waals surface area contributed by atoms with Crippen LogP contribution in [0.5, 0.6) is 0 Å². The average molecular weight is 245 g/mol. The Balaban J connectivity index is 1.85. The maximum Gasteiger partial charge on any atom is -0.00178 e. The molecule has 0 radical (unpaired) electrons. The molecule has 0 bridgehead atoms. The fourth-order valence-corrected chi connectivity index (χ4v) is 3.13. The number of nitrogens with one attached hydrogen (secondary N) is 1. The van der Waals surface area contributed by atoms with Crippen LogP contribution in [0.3, 0.4) is 0 Å². The lowest BCUT2D eigenvalue weighted by Crippen LogP contribution is -2.36. The molecule has 1 N–H and O–H groups in total. The lowest BCUT2D eigenvalue weighted by molar-refractivity contribution is 0.171. The maximum atomic E-state index is 3.58. The molecule has 1 aromatic carbocycles. The topological polar surface area (TPSA) is 12.0 Å². The minimum atomic E-state index is 0.913. The fourth-order valence-electron chi connectivity index (χ4n) is 3.13. The highest BCUT2D eigenvalue weighted by Crippen LogP contribution is 2.36. The summed E-state index contributed by atoms with van der Waals surface area (Å²) in [4.78, 5) is 0. The van der Waals surface area contributed by atoms with Gasteiger partial charge in [-0.05, 0) is 70.0 Å². The Labute approximate surface area is 112 Å². The van der Waals surface area contributed by atoms with Crippen molar-refractivity contribution in [2.45, 2.75) is 46.5 Å². The third kappa shape index (κ3) is 3.58. The van der Waals surface area contributed by atoms with Gasteiger partial charge < -0.3 is 5.32 Å². The SMILES string of the molecule is CCCNCC1CCC1Cc1cc(C)cc(C)c1. The molecule has 0 heterocycles. The molecular weight excluding hydrogens is 218 g/mol. The second kappa shape index (κ2) is 6.38. The Morgan fingerprint density at radius 2 is 1.72 bits per heavy atom. The first kappa shape index (κ1) is 13.6. The zero-order chi connectivity index (χ0) is 13.0. The molecule has 1 nitrogen and oxygen atoms in total. The first-order chi connectivity index (χ1) is 8.69. The van der Waals surface area contributed by atoms with E-state index < -0.39 is 0 Å². The Morgan fingerprint density at radius 1 is 1.06 bits per heavy atom. The molecule has 0 aromatic heterocycles. The van der Waals surface area contributed by atoms with Crippen LogP contribution in [0.1, 0.15) is 42.9 Å². The molecule has 0 saturated heterocycles. The smallest absolute Gasteiger partial charge is 0.00178 e. The third-order valence-electron chi connectivity index (χ3n) is 4.19. The van der Waals surface area contributed by atoms with Crippen LogP contribution in [0.2, 0.25) is 0 Å². The molecule has 2 rings (SSSR count). The van der Waals surface area contributed by atoms with Crippen molar-refractivity contribution in [1.29, 1.82) is 0 Å². The lowest BCUT2D eigenvalue weighted by Gasteiger charge is -2.37. The molecule has 0 aliphatic heterocycles. The van der Waals surface area contributed by atoms with E-state index in [1.807, 2.05) is 0 Å². The van der Waals surface area contributed by atoms with Gasteiger partial charge in [-0.1, -0.05) is 36.2 Å². The van der Waals surface area contributed by atoms with Gasteiger partial charge in [-0.25, -0.2) is 0 Å². The molecule has 1 heteroatoms. The van der Waals surface area contributed by atoms with E-state index in [1.54, 1.807) is 0 Å². The monoisotopic (exact) mass is 245 g/mol. The van der Waals surface area contributed by atoms with E-state index in [2.05, 4.69) is 44.3 Å². The summed E-state index contributed by atoms with van der Waals surface area (Å²) in [5.41, 5.74) is 4.35. The summed E-state index contributed by atoms with van der Waals surface area (Å²) in [6, 6.07) is 6.99. The van der Waals surface area contributed by atoms with Crippen molar-refractivity contribution in [3.63, 3.8) is 0 Å². The molecule has 1 aliphatic carbocycles. The third-order valence-corrected chi connectivity index (χ3v) is 4.19. The molecule has 1 saturated carbocycles. The summed E-state index contributed by atoms with van der Waals surface area (Å²) in [6.45, 7) is 9.05. The Hall–Kier alpha value is -0.820. The molecule has 1 fully saturated rings. The van der Waals surface area contributed by atoms with Gasteiger partial charge in [-0.2, -0.15) is 0 Å². The summed E-state index contributed by atoms with van der Waals surface area (Å²) < 4.78 is 0. The van der Waals surface area contributed by atoms with Crippen molar-refractivity contribution < 1.29 is 0 Å². The van der Waals surface area contributed by atoms with Crippen LogP contribution in [-0.2, 0) is 6.42 Å². The van der Waals surface area contributed by atoms with Gasteiger partial charge in [-0.3, -0.25) is 0 Å². The molecule has 1 aromatic rings. The molecule has 100 valence electrons. The van der Waals surface area contributed by atoms with E-state index in [4.69, 9.17) is 0 Å². The van der Waals surface area contributed by atoms with Crippen molar-refractivity contribution in [2.75, 3.05) is 13.1 Å². The second-order valence-corrected chi connectivity index (χ2v) is 6.00. The molecular formula is C17H27N. The van der Waals surface area contributed by atoms with E-state index in [9.17, 15) is 0 Å². The van der Waals surface area contributed by atoms with Crippen LogP contribution in [-0.4, -0.2) is 13.1 Å². The summed E-state index contributed by atoms with van der Waals surface area (Å²) >= 11 is 0. The van der Waals surface area contributed by atoms with E-state index in [0.29, 0.717) is 0 Å². The summed E-state index contributed by atoms with van der Waals surface area (Å²) in [6.07, 6.45) is 5.37. The van der Waals surface area contributed by atoms with Crippen molar-refractivity contribution in [2.24, 2.45) is 11.8 Å². The highest BCUT2D eigenvalue weighted by molar-refractivity contribution is 5.29. The van der Waals surface area contributed by atoms with E-state index >= 15 is 0 Å². The normalized spacial score (nSPS) is 22.8. The van der Waals surface area contributed by atoms with Crippen LogP contribution in [0, 0.1) is 25.7 Å². The van der Waals surface area contributed by atoms with Crippen LogP contribution < -0.4 is 5.32 Å². The molecule has 0 amide bonds. The summed E-state index contributed by atoms with van der Waals surface area (Å²) in [7, 11) is 0. The average Bonchev–Trinajstić information content (AvgIpc) is 2.29. The van der Waals surface area contributed by atoms with Gasteiger partial charge in [0.05, 0.1) is 0 Å². The van der Waals surface area contributed by atoms with Crippen molar-refractivity contribution >= 4 is 0 Å². The second-order valence-electron chi connectivity index (χ2n) is 6.00. The number of benzene rings is 1. The molecule has 0 spiro atoms. The first-order valence-electron chi connectivity index (χ1n) is 7.47. The molecule has 2 unspecified atom stereocenters. The largest absolute Gasteiger partial charge is 0.316 e. The number of hydrogen-bond donors (Lipinski definition) is 1. The molecule has 2 atom stereocenters. The van der Waals surface area contributed by atoms with Crippen molar-refractivity contribution in [3.8, 4) is 0 Å². The zero-order valence-electron chi connectivity index (χ0n) is 12.1. The Kier molecular flexibility index (Phi) is 4.82. The van der Waals surface area contributed by atoms with Gasteiger partial charge in [0.15, 0.2) is 0 Å².